The smallest absolute Gasteiger partial charge is 0.264 e. The van der Waals surface area contributed by atoms with Crippen molar-refractivity contribution in [3.05, 3.63) is 58.7 Å². The first-order valence-corrected chi connectivity index (χ1v) is 8.50. The number of fused-ring (bicyclic) bond motifs is 1. The third kappa shape index (κ3) is 2.06. The molecule has 3 heterocycles. The average Bonchev–Trinajstić information content (AvgIpc) is 3.26. The number of rotatable bonds is 2. The van der Waals surface area contributed by atoms with Crippen LogP contribution in [0.1, 0.15) is 39.8 Å². The maximum Gasteiger partial charge on any atom is 0.264 e. The van der Waals surface area contributed by atoms with Gasteiger partial charge in [0.2, 0.25) is 0 Å². The van der Waals surface area contributed by atoms with Gasteiger partial charge in [-0.3, -0.25) is 4.79 Å². The summed E-state index contributed by atoms with van der Waals surface area (Å²) in [6, 6.07) is 12.5. The van der Waals surface area contributed by atoms with Gasteiger partial charge in [0.15, 0.2) is 0 Å². The van der Waals surface area contributed by atoms with Crippen molar-refractivity contribution in [2.24, 2.45) is 0 Å². The van der Waals surface area contributed by atoms with Crippen molar-refractivity contribution in [2.75, 3.05) is 6.54 Å². The average molecular weight is 310 g/mol. The highest BCUT2D eigenvalue weighted by Gasteiger charge is 2.32. The van der Waals surface area contributed by atoms with Crippen LogP contribution in [-0.2, 0) is 0 Å². The van der Waals surface area contributed by atoms with Crippen molar-refractivity contribution in [2.45, 2.75) is 25.8 Å². The lowest BCUT2D eigenvalue weighted by atomic mass is 10.1. The molecule has 0 aliphatic carbocycles. The van der Waals surface area contributed by atoms with E-state index in [2.05, 4.69) is 30.1 Å². The Morgan fingerprint density at radius 3 is 2.91 bits per heavy atom. The highest BCUT2D eigenvalue weighted by molar-refractivity contribution is 7.21. The number of nitrogens with zero attached hydrogens (tertiary/aromatic N) is 1. The first-order valence-electron chi connectivity index (χ1n) is 7.68. The van der Waals surface area contributed by atoms with E-state index >= 15 is 0 Å². The number of hydrogen-bond donors (Lipinski definition) is 1. The van der Waals surface area contributed by atoms with Gasteiger partial charge in [0.1, 0.15) is 0 Å². The van der Waals surface area contributed by atoms with Gasteiger partial charge in [-0.25, -0.2) is 0 Å². The van der Waals surface area contributed by atoms with Gasteiger partial charge in [-0.1, -0.05) is 18.2 Å². The zero-order valence-electron chi connectivity index (χ0n) is 12.5. The van der Waals surface area contributed by atoms with E-state index in [-0.39, 0.29) is 11.9 Å². The molecule has 1 N–H and O–H groups in total. The molecule has 1 aliphatic rings. The number of H-pyrrole nitrogens is 1. The van der Waals surface area contributed by atoms with E-state index in [1.807, 2.05) is 29.3 Å². The third-order valence-electron chi connectivity index (χ3n) is 4.53. The molecule has 1 aromatic carbocycles. The summed E-state index contributed by atoms with van der Waals surface area (Å²) >= 11 is 1.62. The molecule has 4 heteroatoms. The van der Waals surface area contributed by atoms with Crippen LogP contribution in [0.5, 0.6) is 0 Å². The zero-order chi connectivity index (χ0) is 15.1. The van der Waals surface area contributed by atoms with Crippen LogP contribution in [0.15, 0.2) is 42.6 Å². The summed E-state index contributed by atoms with van der Waals surface area (Å²) in [4.78, 5) is 19.3. The van der Waals surface area contributed by atoms with Gasteiger partial charge in [-0.15, -0.1) is 11.3 Å². The second-order valence-corrected chi connectivity index (χ2v) is 6.89. The molecule has 0 radical (unpaired) electrons. The van der Waals surface area contributed by atoms with Crippen molar-refractivity contribution >= 4 is 27.3 Å². The first-order chi connectivity index (χ1) is 10.8. The predicted molar refractivity (Wildman–Crippen MR) is 90.4 cm³/mol. The van der Waals surface area contributed by atoms with Crippen LogP contribution in [0.25, 0.3) is 10.1 Å². The first kappa shape index (κ1) is 13.6. The maximum atomic E-state index is 13.1. The van der Waals surface area contributed by atoms with Crippen molar-refractivity contribution < 1.29 is 4.79 Å². The highest BCUT2D eigenvalue weighted by atomic mass is 32.1. The van der Waals surface area contributed by atoms with Crippen LogP contribution in [0.3, 0.4) is 0 Å². The summed E-state index contributed by atoms with van der Waals surface area (Å²) in [5.41, 5.74) is 2.26. The Morgan fingerprint density at radius 2 is 2.14 bits per heavy atom. The van der Waals surface area contributed by atoms with Gasteiger partial charge >= 0.3 is 0 Å². The Morgan fingerprint density at radius 1 is 1.27 bits per heavy atom. The fourth-order valence-corrected chi connectivity index (χ4v) is 4.56. The number of amides is 1. The van der Waals surface area contributed by atoms with E-state index in [4.69, 9.17) is 0 Å². The molecule has 0 saturated carbocycles. The van der Waals surface area contributed by atoms with Gasteiger partial charge in [0.25, 0.3) is 5.91 Å². The number of carbonyl (C=O) groups excluding carboxylic acids is 1. The minimum Gasteiger partial charge on any atom is -0.363 e. The van der Waals surface area contributed by atoms with Gasteiger partial charge in [-0.2, -0.15) is 0 Å². The third-order valence-corrected chi connectivity index (χ3v) is 5.79. The Bertz CT molecular complexity index is 819. The predicted octanol–water partition coefficient (Wildman–Crippen LogP) is 4.52. The highest BCUT2D eigenvalue weighted by Crippen LogP contribution is 2.36. The monoisotopic (exact) mass is 310 g/mol. The van der Waals surface area contributed by atoms with E-state index in [9.17, 15) is 4.79 Å². The molecule has 0 unspecified atom stereocenters. The Hall–Kier alpha value is -2.07. The number of hydrogen-bond acceptors (Lipinski definition) is 2. The lowest BCUT2D eigenvalue weighted by Crippen LogP contribution is -2.30. The van der Waals surface area contributed by atoms with Crippen LogP contribution in [-0.4, -0.2) is 22.3 Å². The molecule has 2 aromatic heterocycles. The number of thiophene rings is 1. The van der Waals surface area contributed by atoms with Gasteiger partial charge in [0.05, 0.1) is 10.9 Å². The second-order valence-electron chi connectivity index (χ2n) is 5.83. The number of aryl methyl sites for hydroxylation is 1. The van der Waals surface area contributed by atoms with Gasteiger partial charge < -0.3 is 9.88 Å². The van der Waals surface area contributed by atoms with Crippen LogP contribution < -0.4 is 0 Å². The van der Waals surface area contributed by atoms with E-state index in [1.54, 1.807) is 11.3 Å². The standard InChI is InChI=1S/C18H18N2OS/c1-12-13-6-2-3-9-16(13)22-17(12)18(21)20-11-5-8-15(20)14-7-4-10-19-14/h2-4,6-7,9-10,15,19H,5,8,11H2,1H3/t15-/m1/s1. The van der Waals surface area contributed by atoms with E-state index in [1.165, 1.54) is 10.1 Å². The molecule has 22 heavy (non-hydrogen) atoms. The molecule has 1 saturated heterocycles. The summed E-state index contributed by atoms with van der Waals surface area (Å²) in [6.45, 7) is 2.90. The molecular weight excluding hydrogens is 292 g/mol. The largest absolute Gasteiger partial charge is 0.363 e. The van der Waals surface area contributed by atoms with Gasteiger partial charge in [0, 0.05) is 23.1 Å². The van der Waals surface area contributed by atoms with Crippen LogP contribution in [0.2, 0.25) is 0 Å². The van der Waals surface area contributed by atoms with Gasteiger partial charge in [-0.05, 0) is 48.9 Å². The molecule has 3 nitrogen and oxygen atoms in total. The summed E-state index contributed by atoms with van der Waals surface area (Å²) in [5.74, 6) is 0.177. The van der Waals surface area contributed by atoms with Crippen molar-refractivity contribution in [1.82, 2.24) is 9.88 Å². The summed E-state index contributed by atoms with van der Waals surface area (Å²) < 4.78 is 1.19. The fourth-order valence-electron chi connectivity index (χ4n) is 3.39. The molecule has 3 aromatic rings. The van der Waals surface area contributed by atoms with Crippen LogP contribution >= 0.6 is 11.3 Å². The summed E-state index contributed by atoms with van der Waals surface area (Å²) in [5, 5.41) is 1.20. The number of aromatic nitrogens is 1. The minimum atomic E-state index is 0.177. The Balaban J connectivity index is 1.72. The van der Waals surface area contributed by atoms with Crippen molar-refractivity contribution in [3.63, 3.8) is 0 Å². The normalized spacial score (nSPS) is 18.2. The van der Waals surface area contributed by atoms with E-state index in [0.29, 0.717) is 0 Å². The Labute approximate surface area is 133 Å². The summed E-state index contributed by atoms with van der Waals surface area (Å²) in [6.07, 6.45) is 4.04. The van der Waals surface area contributed by atoms with E-state index < -0.39 is 0 Å². The number of nitrogens with one attached hydrogen (secondary N) is 1. The van der Waals surface area contributed by atoms with Crippen molar-refractivity contribution in [1.29, 1.82) is 0 Å². The van der Waals surface area contributed by atoms with Crippen molar-refractivity contribution in [3.8, 4) is 0 Å². The SMILES string of the molecule is Cc1c(C(=O)N2CCC[C@@H]2c2ccc[nH]2)sc2ccccc12. The van der Waals surface area contributed by atoms with Crippen LogP contribution in [0.4, 0.5) is 0 Å². The number of benzene rings is 1. The number of aromatic amines is 1. The summed E-state index contributed by atoms with van der Waals surface area (Å²) in [7, 11) is 0. The quantitative estimate of drug-likeness (QED) is 0.742. The van der Waals surface area contributed by atoms with Crippen LogP contribution in [0, 0.1) is 6.92 Å². The lowest BCUT2D eigenvalue weighted by Gasteiger charge is -2.23. The lowest BCUT2D eigenvalue weighted by molar-refractivity contribution is 0.0737. The molecule has 1 atom stereocenters. The molecule has 0 spiro atoms. The maximum absolute atomic E-state index is 13.1. The molecule has 1 amide bonds. The number of likely N-dealkylation sites (tertiary alicyclic amines) is 1. The molecule has 1 fully saturated rings. The minimum absolute atomic E-state index is 0.177. The molecule has 112 valence electrons. The number of carbonyl (C=O) groups is 1. The molecule has 0 bridgehead atoms. The Kier molecular flexibility index (Phi) is 3.26. The topological polar surface area (TPSA) is 36.1 Å². The molecular formula is C18H18N2OS. The fraction of sp³-hybridized carbons (Fsp3) is 0.278. The van der Waals surface area contributed by atoms with E-state index in [0.717, 1.165) is 35.5 Å². The second kappa shape index (κ2) is 5.29. The molecule has 4 rings (SSSR count). The molecule has 1 aliphatic heterocycles. The zero-order valence-corrected chi connectivity index (χ0v) is 13.3.